The molecule has 2 aromatic rings. The van der Waals surface area contributed by atoms with Crippen LogP contribution in [0.3, 0.4) is 0 Å². The molecule has 0 fully saturated rings. The predicted octanol–water partition coefficient (Wildman–Crippen LogP) is 4.56. The van der Waals surface area contributed by atoms with E-state index in [9.17, 15) is 13.6 Å². The van der Waals surface area contributed by atoms with Crippen LogP contribution in [0.2, 0.25) is 0 Å². The third kappa shape index (κ3) is 3.15. The van der Waals surface area contributed by atoms with Gasteiger partial charge in [0, 0.05) is 5.56 Å². The molecule has 0 saturated carbocycles. The lowest BCUT2D eigenvalue weighted by Crippen LogP contribution is -2.32. The van der Waals surface area contributed by atoms with Crippen LogP contribution in [0.1, 0.15) is 24.1 Å². The lowest BCUT2D eigenvalue weighted by Gasteiger charge is -2.24. The molecule has 0 spiro atoms. The van der Waals surface area contributed by atoms with E-state index in [1.807, 2.05) is 30.3 Å². The number of benzene rings is 2. The highest BCUT2D eigenvalue weighted by Gasteiger charge is 2.32. The van der Waals surface area contributed by atoms with Gasteiger partial charge in [0.25, 0.3) is 0 Å². The van der Waals surface area contributed by atoms with Crippen molar-refractivity contribution in [3.8, 4) is 0 Å². The number of nitrogens with zero attached hydrogens (tertiary/aromatic N) is 1. The zero-order valence-corrected chi connectivity index (χ0v) is 13.2. The molecule has 24 heavy (non-hydrogen) atoms. The van der Waals surface area contributed by atoms with E-state index in [0.29, 0.717) is 5.57 Å². The number of carbonyl (C=O) groups excluding carboxylic acids is 1. The maximum Gasteiger partial charge on any atom is 0.410 e. The number of carbonyl (C=O) groups is 1. The van der Waals surface area contributed by atoms with Crippen molar-refractivity contribution in [3.63, 3.8) is 0 Å². The SMILES string of the molecule is CCOC(=O)N1CC(c2cc(F)ccc2F)=CC1c1ccccc1. The van der Waals surface area contributed by atoms with Gasteiger partial charge in [0.1, 0.15) is 11.6 Å². The van der Waals surface area contributed by atoms with E-state index in [0.717, 1.165) is 23.8 Å². The minimum Gasteiger partial charge on any atom is -0.450 e. The van der Waals surface area contributed by atoms with Gasteiger partial charge in [0.05, 0.1) is 19.2 Å². The highest BCUT2D eigenvalue weighted by Crippen LogP contribution is 2.36. The van der Waals surface area contributed by atoms with E-state index in [1.165, 1.54) is 4.90 Å². The van der Waals surface area contributed by atoms with Gasteiger partial charge >= 0.3 is 6.09 Å². The molecule has 0 radical (unpaired) electrons. The fourth-order valence-corrected chi connectivity index (χ4v) is 2.84. The molecule has 0 aliphatic carbocycles. The first kappa shape index (κ1) is 16.2. The Kier molecular flexibility index (Phi) is 4.60. The Hall–Kier alpha value is -2.69. The van der Waals surface area contributed by atoms with Crippen LogP contribution >= 0.6 is 0 Å². The Morgan fingerprint density at radius 3 is 2.67 bits per heavy atom. The molecule has 2 aromatic carbocycles. The van der Waals surface area contributed by atoms with Crippen LogP contribution in [0.15, 0.2) is 54.6 Å². The molecule has 5 heteroatoms. The van der Waals surface area contributed by atoms with Gasteiger partial charge in [-0.05, 0) is 36.3 Å². The standard InChI is InChI=1S/C19H17F2NO2/c1-2-24-19(23)22-12-14(16-11-15(20)8-9-17(16)21)10-18(22)13-6-4-3-5-7-13/h3-11,18H,2,12H2,1H3. The average Bonchev–Trinajstić information content (AvgIpc) is 3.03. The van der Waals surface area contributed by atoms with E-state index in [-0.39, 0.29) is 24.8 Å². The number of rotatable bonds is 3. The number of hydrogen-bond acceptors (Lipinski definition) is 2. The second-order valence-corrected chi connectivity index (χ2v) is 5.50. The quantitative estimate of drug-likeness (QED) is 0.826. The molecule has 124 valence electrons. The molecular weight excluding hydrogens is 312 g/mol. The van der Waals surface area contributed by atoms with Crippen molar-refractivity contribution in [2.75, 3.05) is 13.2 Å². The lowest BCUT2D eigenvalue weighted by atomic mass is 10.0. The van der Waals surface area contributed by atoms with Gasteiger partial charge in [0.15, 0.2) is 0 Å². The second kappa shape index (κ2) is 6.83. The zero-order chi connectivity index (χ0) is 17.1. The summed E-state index contributed by atoms with van der Waals surface area (Å²) in [6, 6.07) is 12.3. The first-order valence-corrected chi connectivity index (χ1v) is 7.74. The Morgan fingerprint density at radius 2 is 1.96 bits per heavy atom. The monoisotopic (exact) mass is 329 g/mol. The first-order chi connectivity index (χ1) is 11.6. The molecule has 3 nitrogen and oxygen atoms in total. The third-order valence-electron chi connectivity index (χ3n) is 3.95. The summed E-state index contributed by atoms with van der Waals surface area (Å²) < 4.78 is 32.7. The fourth-order valence-electron chi connectivity index (χ4n) is 2.84. The number of ether oxygens (including phenoxy) is 1. The van der Waals surface area contributed by atoms with Gasteiger partial charge in [0.2, 0.25) is 0 Å². The van der Waals surface area contributed by atoms with Crippen LogP contribution in [0.5, 0.6) is 0 Å². The highest BCUT2D eigenvalue weighted by molar-refractivity contribution is 5.79. The smallest absolute Gasteiger partial charge is 0.410 e. The van der Waals surface area contributed by atoms with Crippen LogP contribution < -0.4 is 0 Å². The highest BCUT2D eigenvalue weighted by atomic mass is 19.1. The van der Waals surface area contributed by atoms with Gasteiger partial charge in [-0.1, -0.05) is 36.4 Å². The molecule has 1 atom stereocenters. The minimum absolute atomic E-state index is 0.165. The van der Waals surface area contributed by atoms with Crippen molar-refractivity contribution in [1.29, 1.82) is 0 Å². The van der Waals surface area contributed by atoms with Crippen LogP contribution in [0.25, 0.3) is 5.57 Å². The minimum atomic E-state index is -0.516. The van der Waals surface area contributed by atoms with Crippen LogP contribution in [-0.2, 0) is 4.74 Å². The summed E-state index contributed by atoms with van der Waals surface area (Å²) in [6.07, 6.45) is 1.30. The van der Waals surface area contributed by atoms with Gasteiger partial charge in [-0.3, -0.25) is 4.90 Å². The van der Waals surface area contributed by atoms with Crippen molar-refractivity contribution < 1.29 is 18.3 Å². The van der Waals surface area contributed by atoms with Gasteiger partial charge in [-0.15, -0.1) is 0 Å². The van der Waals surface area contributed by atoms with Crippen molar-refractivity contribution in [3.05, 3.63) is 77.4 Å². The Morgan fingerprint density at radius 1 is 1.21 bits per heavy atom. The molecule has 0 saturated heterocycles. The van der Waals surface area contributed by atoms with Crippen molar-refractivity contribution in [2.45, 2.75) is 13.0 Å². The molecular formula is C19H17F2NO2. The number of hydrogen-bond donors (Lipinski definition) is 0. The van der Waals surface area contributed by atoms with E-state index >= 15 is 0 Å². The molecule has 1 heterocycles. The maximum atomic E-state index is 14.1. The largest absolute Gasteiger partial charge is 0.450 e. The van der Waals surface area contributed by atoms with Gasteiger partial charge in [-0.25, -0.2) is 13.6 Å². The normalized spacial score (nSPS) is 16.9. The molecule has 1 aliphatic heterocycles. The van der Waals surface area contributed by atoms with Crippen molar-refractivity contribution in [2.24, 2.45) is 0 Å². The summed E-state index contributed by atoms with van der Waals surface area (Å²) >= 11 is 0. The third-order valence-corrected chi connectivity index (χ3v) is 3.95. The second-order valence-electron chi connectivity index (χ2n) is 5.50. The summed E-state index contributed by atoms with van der Waals surface area (Å²) in [5.74, 6) is -1.03. The molecule has 1 aliphatic rings. The number of halogens is 2. The Labute approximate surface area is 139 Å². The molecule has 0 aromatic heterocycles. The van der Waals surface area contributed by atoms with Crippen molar-refractivity contribution >= 4 is 11.7 Å². The molecule has 1 unspecified atom stereocenters. The molecule has 3 rings (SSSR count). The Balaban J connectivity index is 2.00. The maximum absolute atomic E-state index is 14.1. The zero-order valence-electron chi connectivity index (χ0n) is 13.2. The number of amides is 1. The van der Waals surface area contributed by atoms with E-state index in [1.54, 1.807) is 13.0 Å². The van der Waals surface area contributed by atoms with E-state index in [4.69, 9.17) is 4.74 Å². The van der Waals surface area contributed by atoms with E-state index < -0.39 is 17.7 Å². The molecule has 0 N–H and O–H groups in total. The van der Waals surface area contributed by atoms with Gasteiger partial charge in [-0.2, -0.15) is 0 Å². The summed E-state index contributed by atoms with van der Waals surface area (Å²) in [6.45, 7) is 2.14. The molecule has 0 bridgehead atoms. The van der Waals surface area contributed by atoms with Crippen LogP contribution in [0, 0.1) is 11.6 Å². The van der Waals surface area contributed by atoms with Crippen LogP contribution in [-0.4, -0.2) is 24.1 Å². The first-order valence-electron chi connectivity index (χ1n) is 7.74. The summed E-state index contributed by atoms with van der Waals surface area (Å²) in [5.41, 5.74) is 1.62. The lowest BCUT2D eigenvalue weighted by molar-refractivity contribution is 0.106. The predicted molar refractivity (Wildman–Crippen MR) is 87.2 cm³/mol. The van der Waals surface area contributed by atoms with Gasteiger partial charge < -0.3 is 4.74 Å². The topological polar surface area (TPSA) is 29.5 Å². The summed E-state index contributed by atoms with van der Waals surface area (Å²) in [5, 5.41) is 0. The van der Waals surface area contributed by atoms with Crippen molar-refractivity contribution in [1.82, 2.24) is 4.90 Å². The Bertz CT molecular complexity index is 774. The summed E-state index contributed by atoms with van der Waals surface area (Å²) in [4.78, 5) is 13.8. The van der Waals surface area contributed by atoms with Crippen LogP contribution in [0.4, 0.5) is 13.6 Å². The average molecular weight is 329 g/mol. The molecule has 1 amide bonds. The van der Waals surface area contributed by atoms with E-state index in [2.05, 4.69) is 0 Å². The fraction of sp³-hybridized carbons (Fsp3) is 0.211. The summed E-state index contributed by atoms with van der Waals surface area (Å²) in [7, 11) is 0.